The maximum atomic E-state index is 13.5. The van der Waals surface area contributed by atoms with Gasteiger partial charge in [0.05, 0.1) is 30.0 Å². The fourth-order valence-corrected chi connectivity index (χ4v) is 6.01. The Bertz CT molecular complexity index is 1320. The first-order valence-corrected chi connectivity index (χ1v) is 12.9. The van der Waals surface area contributed by atoms with Crippen LogP contribution in [0.4, 0.5) is 5.69 Å². The first-order valence-electron chi connectivity index (χ1n) is 12.0. The molecule has 9 heteroatoms. The number of benzene rings is 2. The Morgan fingerprint density at radius 3 is 2.61 bits per heavy atom. The van der Waals surface area contributed by atoms with E-state index in [0.29, 0.717) is 28.4 Å². The first-order chi connectivity index (χ1) is 17.5. The quantitative estimate of drug-likeness (QED) is 0.466. The van der Waals surface area contributed by atoms with Gasteiger partial charge in [0, 0.05) is 37.6 Å². The molecular formula is C27H27N3O5S. The van der Waals surface area contributed by atoms with E-state index in [4.69, 9.17) is 14.2 Å². The molecular weight excluding hydrogens is 478 g/mol. The van der Waals surface area contributed by atoms with E-state index in [1.165, 1.54) is 4.90 Å². The maximum Gasteiger partial charge on any atom is 0.264 e. The van der Waals surface area contributed by atoms with Gasteiger partial charge in [0.15, 0.2) is 11.5 Å². The van der Waals surface area contributed by atoms with Crippen LogP contribution in [-0.2, 0) is 6.54 Å². The second kappa shape index (κ2) is 9.15. The van der Waals surface area contributed by atoms with Crippen molar-refractivity contribution in [3.63, 3.8) is 0 Å². The van der Waals surface area contributed by atoms with Crippen LogP contribution < -0.4 is 19.1 Å². The number of carbonyl (C=O) groups is 2. The molecule has 0 spiro atoms. The lowest BCUT2D eigenvalue weighted by Gasteiger charge is -2.36. The molecule has 1 saturated heterocycles. The summed E-state index contributed by atoms with van der Waals surface area (Å²) in [5, 5.41) is 1.97. The Kier molecular flexibility index (Phi) is 5.81. The van der Waals surface area contributed by atoms with E-state index in [9.17, 15) is 9.59 Å². The van der Waals surface area contributed by atoms with Crippen LogP contribution in [-0.4, -0.2) is 61.7 Å². The third-order valence-electron chi connectivity index (χ3n) is 7.10. The van der Waals surface area contributed by atoms with E-state index < -0.39 is 0 Å². The smallest absolute Gasteiger partial charge is 0.264 e. The largest absolute Gasteiger partial charge is 0.493 e. The van der Waals surface area contributed by atoms with Crippen molar-refractivity contribution in [1.29, 1.82) is 0 Å². The minimum atomic E-state index is -0.291. The molecule has 186 valence electrons. The van der Waals surface area contributed by atoms with Crippen molar-refractivity contribution in [3.05, 3.63) is 69.4 Å². The highest BCUT2D eigenvalue weighted by Gasteiger charge is 2.41. The predicted molar refractivity (Wildman–Crippen MR) is 136 cm³/mol. The zero-order valence-electron chi connectivity index (χ0n) is 20.2. The number of amides is 2. The fraction of sp³-hybridized carbons (Fsp3) is 0.333. The Morgan fingerprint density at radius 2 is 1.86 bits per heavy atom. The minimum absolute atomic E-state index is 0.207. The molecule has 4 heterocycles. The van der Waals surface area contributed by atoms with Gasteiger partial charge in [-0.05, 0) is 48.2 Å². The first kappa shape index (κ1) is 22.9. The van der Waals surface area contributed by atoms with Crippen molar-refractivity contribution in [2.24, 2.45) is 0 Å². The van der Waals surface area contributed by atoms with Gasteiger partial charge in [0.1, 0.15) is 0 Å². The summed E-state index contributed by atoms with van der Waals surface area (Å²) in [6, 6.07) is 13.2. The van der Waals surface area contributed by atoms with Gasteiger partial charge in [0.2, 0.25) is 12.5 Å². The number of carbonyl (C=O) groups excluding carboxylic acids is 2. The number of piperazine rings is 1. The Morgan fingerprint density at radius 1 is 1.03 bits per heavy atom. The van der Waals surface area contributed by atoms with Crippen LogP contribution in [0.5, 0.6) is 17.2 Å². The summed E-state index contributed by atoms with van der Waals surface area (Å²) < 4.78 is 16.5. The molecule has 8 nitrogen and oxygen atoms in total. The SMILES string of the molecule is COc1cc(CN2CCN(c3cccc4c3C(=O)N(C(C)c3cccs3)C4=O)CC2)cc2c1OCO2. The molecule has 1 aromatic heterocycles. The summed E-state index contributed by atoms with van der Waals surface area (Å²) in [5.41, 5.74) is 2.97. The fourth-order valence-electron chi connectivity index (χ4n) is 5.24. The zero-order valence-corrected chi connectivity index (χ0v) is 21.0. The normalized spacial score (nSPS) is 18.1. The molecule has 1 unspecified atom stereocenters. The summed E-state index contributed by atoms with van der Waals surface area (Å²) in [6.45, 7) is 6.07. The van der Waals surface area contributed by atoms with Gasteiger partial charge in [-0.15, -0.1) is 11.3 Å². The number of anilines is 1. The van der Waals surface area contributed by atoms with Crippen LogP contribution in [0.2, 0.25) is 0 Å². The molecule has 6 rings (SSSR count). The Balaban J connectivity index is 1.17. The standard InChI is InChI=1S/C27H27N3O5S/c1-17(23-7-4-12-36-23)30-26(31)19-5-3-6-20(24(19)27(30)32)29-10-8-28(9-11-29)15-18-13-21(33-2)25-22(14-18)34-16-35-25/h3-7,12-14,17H,8-11,15-16H2,1-2H3. The second-order valence-corrected chi connectivity index (χ2v) is 10.1. The van der Waals surface area contributed by atoms with Crippen LogP contribution in [0.25, 0.3) is 0 Å². The maximum absolute atomic E-state index is 13.5. The highest BCUT2D eigenvalue weighted by molar-refractivity contribution is 7.10. The molecule has 0 bridgehead atoms. The van der Waals surface area contributed by atoms with E-state index in [1.54, 1.807) is 24.5 Å². The van der Waals surface area contributed by atoms with E-state index in [0.717, 1.165) is 48.9 Å². The van der Waals surface area contributed by atoms with Gasteiger partial charge in [-0.1, -0.05) is 12.1 Å². The summed E-state index contributed by atoms with van der Waals surface area (Å²) in [6.07, 6.45) is 0. The van der Waals surface area contributed by atoms with Crippen molar-refractivity contribution < 1.29 is 23.8 Å². The third-order valence-corrected chi connectivity index (χ3v) is 8.15. The van der Waals surface area contributed by atoms with Crippen molar-refractivity contribution >= 4 is 28.8 Å². The van der Waals surface area contributed by atoms with E-state index in [2.05, 4.69) is 9.80 Å². The number of nitrogens with zero attached hydrogens (tertiary/aromatic N) is 3. The molecule has 0 radical (unpaired) electrons. The van der Waals surface area contributed by atoms with Crippen molar-refractivity contribution in [2.75, 3.05) is 45.0 Å². The predicted octanol–water partition coefficient (Wildman–Crippen LogP) is 4.16. The second-order valence-electron chi connectivity index (χ2n) is 9.17. The summed E-state index contributed by atoms with van der Waals surface area (Å²) in [5.74, 6) is 1.63. The van der Waals surface area contributed by atoms with E-state index in [1.807, 2.05) is 48.7 Å². The number of methoxy groups -OCH3 is 1. The van der Waals surface area contributed by atoms with Gasteiger partial charge in [-0.25, -0.2) is 0 Å². The number of ether oxygens (including phenoxy) is 3. The summed E-state index contributed by atoms with van der Waals surface area (Å²) >= 11 is 1.56. The van der Waals surface area contributed by atoms with Crippen molar-refractivity contribution in [2.45, 2.75) is 19.5 Å². The van der Waals surface area contributed by atoms with E-state index >= 15 is 0 Å². The highest BCUT2D eigenvalue weighted by atomic mass is 32.1. The molecule has 0 saturated carbocycles. The molecule has 0 aliphatic carbocycles. The minimum Gasteiger partial charge on any atom is -0.493 e. The van der Waals surface area contributed by atoms with Crippen LogP contribution in [0.1, 0.15) is 44.1 Å². The lowest BCUT2D eigenvalue weighted by molar-refractivity contribution is 0.0598. The van der Waals surface area contributed by atoms with Crippen molar-refractivity contribution in [3.8, 4) is 17.2 Å². The number of imide groups is 1. The molecule has 0 N–H and O–H groups in total. The number of thiophene rings is 1. The zero-order chi connectivity index (χ0) is 24.8. The molecule has 36 heavy (non-hydrogen) atoms. The lowest BCUT2D eigenvalue weighted by Crippen LogP contribution is -2.46. The lowest BCUT2D eigenvalue weighted by atomic mass is 10.1. The summed E-state index contributed by atoms with van der Waals surface area (Å²) in [4.78, 5) is 33.7. The van der Waals surface area contributed by atoms with Gasteiger partial charge in [-0.2, -0.15) is 0 Å². The van der Waals surface area contributed by atoms with Crippen LogP contribution in [0.15, 0.2) is 47.8 Å². The average Bonchev–Trinajstić information content (AvgIpc) is 3.65. The van der Waals surface area contributed by atoms with E-state index in [-0.39, 0.29) is 24.6 Å². The number of hydrogen-bond acceptors (Lipinski definition) is 8. The van der Waals surface area contributed by atoms with Crippen molar-refractivity contribution in [1.82, 2.24) is 9.80 Å². The van der Waals surface area contributed by atoms with Gasteiger partial charge < -0.3 is 19.1 Å². The summed E-state index contributed by atoms with van der Waals surface area (Å²) in [7, 11) is 1.63. The highest BCUT2D eigenvalue weighted by Crippen LogP contribution is 2.42. The molecule has 1 fully saturated rings. The Labute approximate surface area is 213 Å². The monoisotopic (exact) mass is 505 g/mol. The molecule has 2 aromatic carbocycles. The third kappa shape index (κ3) is 3.79. The number of hydrogen-bond donors (Lipinski definition) is 0. The molecule has 3 aromatic rings. The molecule has 3 aliphatic rings. The Hall–Kier alpha value is -3.56. The molecule has 1 atom stereocenters. The van der Waals surface area contributed by atoms with Crippen LogP contribution in [0.3, 0.4) is 0 Å². The molecule has 3 aliphatic heterocycles. The molecule has 2 amide bonds. The van der Waals surface area contributed by atoms with Gasteiger partial charge >= 0.3 is 0 Å². The van der Waals surface area contributed by atoms with Gasteiger partial charge in [0.25, 0.3) is 11.8 Å². The topological polar surface area (TPSA) is 71.6 Å². The van der Waals surface area contributed by atoms with Crippen LogP contribution in [0, 0.1) is 0 Å². The number of fused-ring (bicyclic) bond motifs is 2. The number of rotatable bonds is 6. The van der Waals surface area contributed by atoms with Crippen LogP contribution >= 0.6 is 11.3 Å². The average molecular weight is 506 g/mol. The van der Waals surface area contributed by atoms with Gasteiger partial charge in [-0.3, -0.25) is 19.4 Å².